The molecule has 12 heavy (non-hydrogen) atoms. The standard InChI is InChI=1S/C8H15BN2O/c1-9-5-10(2)8(12)11(3)7-4-6(7)9/h6-7H,4-5H2,1-3H3. The maximum absolute atomic E-state index is 11.6. The molecule has 2 rings (SSSR count). The van der Waals surface area contributed by atoms with Crippen LogP contribution in [-0.2, 0) is 0 Å². The predicted octanol–water partition coefficient (Wildman–Crippen LogP) is 0.790. The topological polar surface area (TPSA) is 23.6 Å². The molecule has 0 aromatic carbocycles. The van der Waals surface area contributed by atoms with Crippen LogP contribution in [0, 0.1) is 0 Å². The number of amides is 2. The maximum atomic E-state index is 11.6. The Morgan fingerprint density at radius 1 is 1.50 bits per heavy atom. The molecule has 1 saturated heterocycles. The zero-order valence-corrected chi connectivity index (χ0v) is 7.95. The number of hydrogen-bond donors (Lipinski definition) is 0. The van der Waals surface area contributed by atoms with E-state index < -0.39 is 0 Å². The van der Waals surface area contributed by atoms with Gasteiger partial charge in [-0.05, 0) is 18.7 Å². The van der Waals surface area contributed by atoms with Crippen LogP contribution in [0.5, 0.6) is 0 Å². The highest BCUT2D eigenvalue weighted by molar-refractivity contribution is 6.61. The van der Waals surface area contributed by atoms with Gasteiger partial charge in [-0.25, -0.2) is 4.79 Å². The van der Waals surface area contributed by atoms with Crippen molar-refractivity contribution in [2.45, 2.75) is 25.1 Å². The van der Waals surface area contributed by atoms with Crippen LogP contribution in [0.2, 0.25) is 12.6 Å². The number of rotatable bonds is 0. The monoisotopic (exact) mass is 166 g/mol. The van der Waals surface area contributed by atoms with Crippen molar-refractivity contribution < 1.29 is 4.79 Å². The molecule has 1 heterocycles. The fourth-order valence-corrected chi connectivity index (χ4v) is 2.31. The van der Waals surface area contributed by atoms with Crippen LogP contribution in [0.4, 0.5) is 4.79 Å². The fourth-order valence-electron chi connectivity index (χ4n) is 2.31. The molecule has 4 heteroatoms. The van der Waals surface area contributed by atoms with Gasteiger partial charge in [0.05, 0.1) is 0 Å². The summed E-state index contributed by atoms with van der Waals surface area (Å²) in [6.07, 6.45) is 2.14. The van der Waals surface area contributed by atoms with Crippen LogP contribution in [0.1, 0.15) is 6.42 Å². The van der Waals surface area contributed by atoms with E-state index in [1.165, 1.54) is 6.42 Å². The van der Waals surface area contributed by atoms with Crippen molar-refractivity contribution in [2.24, 2.45) is 0 Å². The highest BCUT2D eigenvalue weighted by atomic mass is 16.2. The van der Waals surface area contributed by atoms with Gasteiger partial charge in [-0.2, -0.15) is 0 Å². The van der Waals surface area contributed by atoms with E-state index >= 15 is 0 Å². The van der Waals surface area contributed by atoms with Gasteiger partial charge in [0.2, 0.25) is 0 Å². The summed E-state index contributed by atoms with van der Waals surface area (Å²) >= 11 is 0. The van der Waals surface area contributed by atoms with Crippen LogP contribution in [-0.4, -0.2) is 49.1 Å². The van der Waals surface area contributed by atoms with E-state index in [0.717, 1.165) is 12.3 Å². The van der Waals surface area contributed by atoms with E-state index in [9.17, 15) is 4.79 Å². The van der Waals surface area contributed by atoms with Crippen molar-refractivity contribution in [2.75, 3.05) is 20.5 Å². The molecule has 0 spiro atoms. The Balaban J connectivity index is 2.16. The molecular weight excluding hydrogens is 151 g/mol. The number of nitrogens with zero attached hydrogens (tertiary/aromatic N) is 2. The molecule has 1 aliphatic carbocycles. The average Bonchev–Trinajstić information content (AvgIpc) is 2.79. The minimum Gasteiger partial charge on any atom is -0.335 e. The largest absolute Gasteiger partial charge is 0.335 e. The summed E-state index contributed by atoms with van der Waals surface area (Å²) in [5.41, 5.74) is 0. The Bertz CT molecular complexity index is 221. The second kappa shape index (κ2) is 2.41. The smallest absolute Gasteiger partial charge is 0.319 e. The lowest BCUT2D eigenvalue weighted by atomic mass is 9.47. The van der Waals surface area contributed by atoms with Gasteiger partial charge >= 0.3 is 6.03 Å². The SMILES string of the molecule is CB1CN(C)C(=O)N(C)C2CC12. The van der Waals surface area contributed by atoms with Crippen molar-refractivity contribution in [3.05, 3.63) is 0 Å². The van der Waals surface area contributed by atoms with E-state index in [0.29, 0.717) is 12.8 Å². The van der Waals surface area contributed by atoms with Crippen molar-refractivity contribution in [3.63, 3.8) is 0 Å². The molecule has 66 valence electrons. The van der Waals surface area contributed by atoms with E-state index in [1.807, 2.05) is 23.9 Å². The molecule has 2 atom stereocenters. The lowest BCUT2D eigenvalue weighted by Gasteiger charge is -2.22. The van der Waals surface area contributed by atoms with E-state index in [-0.39, 0.29) is 6.03 Å². The van der Waals surface area contributed by atoms with Gasteiger partial charge in [0.15, 0.2) is 6.71 Å². The Morgan fingerprint density at radius 2 is 2.17 bits per heavy atom. The van der Waals surface area contributed by atoms with E-state index in [1.54, 1.807) is 0 Å². The van der Waals surface area contributed by atoms with Crippen molar-refractivity contribution >= 4 is 12.7 Å². The Kier molecular flexibility index (Phi) is 1.60. The quantitative estimate of drug-likeness (QED) is 0.488. The molecule has 0 radical (unpaired) electrons. The zero-order valence-electron chi connectivity index (χ0n) is 7.95. The maximum Gasteiger partial charge on any atom is 0.319 e. The van der Waals surface area contributed by atoms with Crippen LogP contribution < -0.4 is 0 Å². The van der Waals surface area contributed by atoms with Crippen molar-refractivity contribution in [3.8, 4) is 0 Å². The zero-order chi connectivity index (χ0) is 8.88. The van der Waals surface area contributed by atoms with Gasteiger partial charge in [0, 0.05) is 20.1 Å². The molecule has 2 amide bonds. The molecule has 0 N–H and O–H groups in total. The molecule has 2 fully saturated rings. The summed E-state index contributed by atoms with van der Waals surface area (Å²) in [7, 11) is 3.81. The summed E-state index contributed by atoms with van der Waals surface area (Å²) in [6, 6.07) is 0.726. The summed E-state index contributed by atoms with van der Waals surface area (Å²) in [5, 5.41) is 0. The second-order valence-electron chi connectivity index (χ2n) is 4.22. The van der Waals surface area contributed by atoms with Gasteiger partial charge in [0.25, 0.3) is 0 Å². The first-order valence-electron chi connectivity index (χ1n) is 4.59. The fraction of sp³-hybridized carbons (Fsp3) is 0.875. The van der Waals surface area contributed by atoms with E-state index in [2.05, 4.69) is 6.82 Å². The first-order valence-corrected chi connectivity index (χ1v) is 4.59. The molecule has 1 saturated carbocycles. The minimum absolute atomic E-state index is 0.187. The van der Waals surface area contributed by atoms with Crippen LogP contribution in [0.3, 0.4) is 0 Å². The number of hydrogen-bond acceptors (Lipinski definition) is 1. The number of urea groups is 1. The average molecular weight is 166 g/mol. The van der Waals surface area contributed by atoms with Gasteiger partial charge in [-0.1, -0.05) is 6.82 Å². The summed E-state index contributed by atoms with van der Waals surface area (Å²) in [5.74, 6) is 0.767. The minimum atomic E-state index is 0.187. The molecule has 0 aromatic heterocycles. The highest BCUT2D eigenvalue weighted by Gasteiger charge is 2.49. The van der Waals surface area contributed by atoms with E-state index in [4.69, 9.17) is 0 Å². The molecule has 0 aromatic rings. The van der Waals surface area contributed by atoms with Gasteiger partial charge in [0.1, 0.15) is 0 Å². The van der Waals surface area contributed by atoms with Crippen molar-refractivity contribution in [1.82, 2.24) is 9.80 Å². The Morgan fingerprint density at radius 3 is 2.83 bits per heavy atom. The van der Waals surface area contributed by atoms with Crippen LogP contribution in [0.15, 0.2) is 0 Å². The third kappa shape index (κ3) is 1.01. The first-order chi connectivity index (χ1) is 5.61. The molecule has 3 nitrogen and oxygen atoms in total. The van der Waals surface area contributed by atoms with Crippen molar-refractivity contribution in [1.29, 1.82) is 0 Å². The lowest BCUT2D eigenvalue weighted by molar-refractivity contribution is 0.179. The molecule has 2 aliphatic rings. The molecular formula is C8H15BN2O. The lowest BCUT2D eigenvalue weighted by Crippen LogP contribution is -2.40. The molecule has 2 unspecified atom stereocenters. The van der Waals surface area contributed by atoms with Crippen LogP contribution in [0.25, 0.3) is 0 Å². The summed E-state index contributed by atoms with van der Waals surface area (Å²) in [4.78, 5) is 15.3. The predicted molar refractivity (Wildman–Crippen MR) is 49.6 cm³/mol. The number of fused-ring (bicyclic) bond motifs is 1. The number of carbonyl (C=O) groups excluding carboxylic acids is 1. The third-order valence-electron chi connectivity index (χ3n) is 3.22. The normalized spacial score (nSPS) is 34.9. The third-order valence-corrected chi connectivity index (χ3v) is 3.22. The summed E-state index contributed by atoms with van der Waals surface area (Å²) < 4.78 is 0. The van der Waals surface area contributed by atoms with Gasteiger partial charge in [-0.3, -0.25) is 0 Å². The second-order valence-corrected chi connectivity index (χ2v) is 4.22. The van der Waals surface area contributed by atoms with Crippen LogP contribution >= 0.6 is 0 Å². The molecule has 0 bridgehead atoms. The van der Waals surface area contributed by atoms with Gasteiger partial charge < -0.3 is 9.80 Å². The summed E-state index contributed by atoms with van der Waals surface area (Å²) in [6.45, 7) is 2.92. The Labute approximate surface area is 73.8 Å². The Hall–Kier alpha value is -0.665. The number of carbonyl (C=O) groups is 1. The van der Waals surface area contributed by atoms with Gasteiger partial charge in [-0.15, -0.1) is 0 Å². The highest BCUT2D eigenvalue weighted by Crippen LogP contribution is 2.45. The first kappa shape index (κ1) is 7.96. The molecule has 1 aliphatic heterocycles.